The van der Waals surface area contributed by atoms with Gasteiger partial charge in [-0.05, 0) is 44.9 Å². The predicted octanol–water partition coefficient (Wildman–Crippen LogP) is 9.09. The topological polar surface area (TPSA) is 89.8 Å². The van der Waals surface area contributed by atoms with E-state index < -0.39 is 18.2 Å². The molecule has 3 unspecified atom stereocenters. The van der Waals surface area contributed by atoms with Gasteiger partial charge in [0.05, 0.1) is 18.8 Å². The molecule has 242 valence electrons. The van der Waals surface area contributed by atoms with Crippen molar-refractivity contribution in [3.05, 3.63) is 24.3 Å². The molecule has 0 heterocycles. The highest BCUT2D eigenvalue weighted by Gasteiger charge is 2.26. The number of nitrogens with one attached hydrogen (secondary N) is 1. The summed E-state index contributed by atoms with van der Waals surface area (Å²) >= 11 is 0. The van der Waals surface area contributed by atoms with Gasteiger partial charge in [0.25, 0.3) is 0 Å². The Morgan fingerprint density at radius 1 is 0.585 bits per heavy atom. The second-order valence-corrected chi connectivity index (χ2v) is 12.1. The Balaban J connectivity index is 3.73. The molecule has 0 radical (unpaired) electrons. The molecule has 0 fully saturated rings. The number of aliphatic hydroxyl groups is 3. The molecule has 5 heteroatoms. The summed E-state index contributed by atoms with van der Waals surface area (Å²) in [5.74, 6) is -0.160. The molecule has 0 aromatic rings. The zero-order chi connectivity index (χ0) is 30.2. The summed E-state index contributed by atoms with van der Waals surface area (Å²) in [6, 6.07) is -0.825. The number of hydrogen-bond acceptors (Lipinski definition) is 4. The molecule has 41 heavy (non-hydrogen) atoms. The van der Waals surface area contributed by atoms with Crippen LogP contribution in [-0.2, 0) is 4.79 Å². The summed E-state index contributed by atoms with van der Waals surface area (Å²) in [6.45, 7) is 4.09. The normalized spacial score (nSPS) is 14.2. The summed E-state index contributed by atoms with van der Waals surface area (Å²) in [5, 5.41) is 33.2. The lowest BCUT2D eigenvalue weighted by molar-refractivity contribution is -0.124. The average Bonchev–Trinajstić information content (AvgIpc) is 2.97. The van der Waals surface area contributed by atoms with E-state index in [9.17, 15) is 20.1 Å². The molecule has 0 spiro atoms. The fourth-order valence-corrected chi connectivity index (χ4v) is 5.22. The fraction of sp³-hybridized carbons (Fsp3) is 0.861. The van der Waals surface area contributed by atoms with Gasteiger partial charge in [-0.2, -0.15) is 0 Å². The van der Waals surface area contributed by atoms with E-state index in [4.69, 9.17) is 0 Å². The van der Waals surface area contributed by atoms with Gasteiger partial charge in [0.1, 0.15) is 6.10 Å². The molecule has 0 saturated heterocycles. The van der Waals surface area contributed by atoms with E-state index in [0.717, 1.165) is 51.4 Å². The molecule has 0 aliphatic carbocycles. The van der Waals surface area contributed by atoms with Crippen LogP contribution in [0.3, 0.4) is 0 Å². The first-order valence-electron chi connectivity index (χ1n) is 17.6. The molecule has 0 bridgehead atoms. The van der Waals surface area contributed by atoms with Crippen LogP contribution in [0.5, 0.6) is 0 Å². The van der Waals surface area contributed by atoms with E-state index >= 15 is 0 Å². The lowest BCUT2D eigenvalue weighted by atomic mass is 10.0. The molecular weight excluding hydrogens is 510 g/mol. The SMILES string of the molecule is CCCC/C=C/CC/C=C/CCCC(O)C(O)C(CO)NC(=O)CCCCCCCCCCCCCCCCCC. The molecule has 3 atom stereocenters. The minimum Gasteiger partial charge on any atom is -0.394 e. The van der Waals surface area contributed by atoms with Crippen molar-refractivity contribution in [3.63, 3.8) is 0 Å². The molecule has 0 aromatic heterocycles. The Morgan fingerprint density at radius 2 is 1.00 bits per heavy atom. The van der Waals surface area contributed by atoms with E-state index in [2.05, 4.69) is 43.5 Å². The van der Waals surface area contributed by atoms with Crippen molar-refractivity contribution in [1.29, 1.82) is 0 Å². The molecular formula is C36H69NO4. The maximum absolute atomic E-state index is 12.3. The highest BCUT2D eigenvalue weighted by Crippen LogP contribution is 2.14. The van der Waals surface area contributed by atoms with Crippen LogP contribution in [0.2, 0.25) is 0 Å². The third kappa shape index (κ3) is 27.4. The highest BCUT2D eigenvalue weighted by atomic mass is 16.3. The second-order valence-electron chi connectivity index (χ2n) is 12.1. The lowest BCUT2D eigenvalue weighted by Gasteiger charge is -2.26. The molecule has 0 rings (SSSR count). The van der Waals surface area contributed by atoms with Crippen LogP contribution in [0.25, 0.3) is 0 Å². The third-order valence-corrected chi connectivity index (χ3v) is 8.04. The molecule has 0 aliphatic heterocycles. The van der Waals surface area contributed by atoms with Crippen LogP contribution in [0.1, 0.15) is 174 Å². The Hall–Kier alpha value is -1.17. The number of carbonyl (C=O) groups is 1. The van der Waals surface area contributed by atoms with Crippen molar-refractivity contribution in [1.82, 2.24) is 5.32 Å². The number of hydrogen-bond donors (Lipinski definition) is 4. The minimum absolute atomic E-state index is 0.160. The van der Waals surface area contributed by atoms with Crippen molar-refractivity contribution in [3.8, 4) is 0 Å². The minimum atomic E-state index is -1.16. The van der Waals surface area contributed by atoms with E-state index in [1.807, 2.05) is 0 Å². The van der Waals surface area contributed by atoms with Crippen LogP contribution in [0, 0.1) is 0 Å². The summed E-state index contributed by atoms with van der Waals surface area (Å²) < 4.78 is 0. The molecule has 5 nitrogen and oxygen atoms in total. The summed E-state index contributed by atoms with van der Waals surface area (Å²) in [4.78, 5) is 12.3. The average molecular weight is 580 g/mol. The van der Waals surface area contributed by atoms with E-state index in [1.165, 1.54) is 96.3 Å². The van der Waals surface area contributed by atoms with Gasteiger partial charge in [-0.15, -0.1) is 0 Å². The van der Waals surface area contributed by atoms with E-state index in [-0.39, 0.29) is 12.5 Å². The number of carbonyl (C=O) groups excluding carboxylic acids is 1. The van der Waals surface area contributed by atoms with E-state index in [1.54, 1.807) is 0 Å². The Bertz CT molecular complexity index is 606. The van der Waals surface area contributed by atoms with Gasteiger partial charge in [0, 0.05) is 6.42 Å². The van der Waals surface area contributed by atoms with Crippen LogP contribution >= 0.6 is 0 Å². The first kappa shape index (κ1) is 39.8. The van der Waals surface area contributed by atoms with Gasteiger partial charge in [-0.25, -0.2) is 0 Å². The summed E-state index contributed by atoms with van der Waals surface area (Å²) in [7, 11) is 0. The van der Waals surface area contributed by atoms with Crippen molar-refractivity contribution in [2.45, 2.75) is 193 Å². The third-order valence-electron chi connectivity index (χ3n) is 8.04. The Labute approximate surface area is 254 Å². The molecule has 0 aromatic carbocycles. The van der Waals surface area contributed by atoms with E-state index in [0.29, 0.717) is 12.8 Å². The first-order valence-corrected chi connectivity index (χ1v) is 17.6. The van der Waals surface area contributed by atoms with Crippen LogP contribution in [0.4, 0.5) is 0 Å². The lowest BCUT2D eigenvalue weighted by Crippen LogP contribution is -2.50. The molecule has 4 N–H and O–H groups in total. The second kappa shape index (κ2) is 31.8. The van der Waals surface area contributed by atoms with Crippen LogP contribution < -0.4 is 5.32 Å². The number of allylic oxidation sites excluding steroid dienone is 4. The maximum Gasteiger partial charge on any atom is 0.220 e. The smallest absolute Gasteiger partial charge is 0.220 e. The van der Waals surface area contributed by atoms with Gasteiger partial charge in [-0.3, -0.25) is 4.79 Å². The summed E-state index contributed by atoms with van der Waals surface area (Å²) in [5.41, 5.74) is 0. The summed E-state index contributed by atoms with van der Waals surface area (Å²) in [6.07, 6.45) is 35.5. The number of aliphatic hydroxyl groups excluding tert-OH is 3. The zero-order valence-corrected chi connectivity index (χ0v) is 27.2. The quantitative estimate of drug-likeness (QED) is 0.0487. The van der Waals surface area contributed by atoms with Crippen LogP contribution in [0.15, 0.2) is 24.3 Å². The zero-order valence-electron chi connectivity index (χ0n) is 27.2. The van der Waals surface area contributed by atoms with Gasteiger partial charge >= 0.3 is 0 Å². The number of rotatable bonds is 31. The first-order chi connectivity index (χ1) is 20.1. The fourth-order valence-electron chi connectivity index (χ4n) is 5.22. The Kier molecular flexibility index (Phi) is 30.9. The molecule has 0 aliphatic rings. The standard InChI is InChI=1S/C36H69NO4/c1-3-5-7-9-11-13-15-16-17-18-19-21-23-25-27-29-31-35(40)37-33(32-38)36(41)34(39)30-28-26-24-22-20-14-12-10-8-6-4-2/h10,12,22,24,33-34,36,38-39,41H,3-9,11,13-21,23,25-32H2,1-2H3,(H,37,40)/b12-10+,24-22+. The molecule has 0 saturated carbocycles. The predicted molar refractivity (Wildman–Crippen MR) is 176 cm³/mol. The van der Waals surface area contributed by atoms with Crippen molar-refractivity contribution >= 4 is 5.91 Å². The number of unbranched alkanes of at least 4 members (excludes halogenated alkanes) is 19. The van der Waals surface area contributed by atoms with Crippen molar-refractivity contribution < 1.29 is 20.1 Å². The molecule has 1 amide bonds. The highest BCUT2D eigenvalue weighted by molar-refractivity contribution is 5.76. The van der Waals surface area contributed by atoms with Gasteiger partial charge in [0.2, 0.25) is 5.91 Å². The maximum atomic E-state index is 12.3. The van der Waals surface area contributed by atoms with Gasteiger partial charge in [-0.1, -0.05) is 147 Å². The van der Waals surface area contributed by atoms with Crippen molar-refractivity contribution in [2.24, 2.45) is 0 Å². The largest absolute Gasteiger partial charge is 0.394 e. The monoisotopic (exact) mass is 580 g/mol. The van der Waals surface area contributed by atoms with Crippen molar-refractivity contribution in [2.75, 3.05) is 6.61 Å². The number of amides is 1. The Morgan fingerprint density at radius 3 is 1.46 bits per heavy atom. The van der Waals surface area contributed by atoms with Gasteiger partial charge in [0.15, 0.2) is 0 Å². The van der Waals surface area contributed by atoms with Gasteiger partial charge < -0.3 is 20.6 Å². The van der Waals surface area contributed by atoms with Crippen LogP contribution in [-0.4, -0.2) is 46.1 Å².